The Kier molecular flexibility index (Phi) is 6.52. The number of rotatable bonds is 8. The summed E-state index contributed by atoms with van der Waals surface area (Å²) in [4.78, 5) is 19.0. The van der Waals surface area contributed by atoms with E-state index in [1.807, 2.05) is 35.7 Å². The van der Waals surface area contributed by atoms with E-state index in [-0.39, 0.29) is 5.91 Å². The Morgan fingerprint density at radius 3 is 2.63 bits per heavy atom. The van der Waals surface area contributed by atoms with Gasteiger partial charge in [0.2, 0.25) is 5.91 Å². The Bertz CT molecular complexity index is 1010. The minimum Gasteiger partial charge on any atom is -0.304 e. The van der Waals surface area contributed by atoms with Crippen molar-refractivity contribution in [2.45, 2.75) is 45.7 Å². The molecule has 1 atom stereocenters. The van der Waals surface area contributed by atoms with E-state index in [0.717, 1.165) is 33.5 Å². The van der Waals surface area contributed by atoms with E-state index in [4.69, 9.17) is 16.6 Å². The molecule has 0 bridgehead atoms. The normalized spacial score (nSPS) is 14.5. The van der Waals surface area contributed by atoms with E-state index in [9.17, 15) is 4.79 Å². The number of hydrogen-bond donors (Lipinski definition) is 1. The number of amides is 1. The van der Waals surface area contributed by atoms with Crippen molar-refractivity contribution in [3.63, 3.8) is 0 Å². The highest BCUT2D eigenvalue weighted by Gasteiger charge is 2.32. The van der Waals surface area contributed by atoms with Crippen LogP contribution in [-0.2, 0) is 17.8 Å². The third-order valence-corrected chi connectivity index (χ3v) is 6.61. The lowest BCUT2D eigenvalue weighted by atomic mass is 10.0. The van der Waals surface area contributed by atoms with Gasteiger partial charge in [-0.3, -0.25) is 9.69 Å². The number of para-hydroxylation sites is 1. The number of hydrogen-bond acceptors (Lipinski definition) is 4. The Labute approximate surface area is 186 Å². The van der Waals surface area contributed by atoms with Crippen LogP contribution in [0.5, 0.6) is 0 Å². The van der Waals surface area contributed by atoms with Gasteiger partial charge in [0, 0.05) is 29.9 Å². The molecule has 1 unspecified atom stereocenters. The van der Waals surface area contributed by atoms with Gasteiger partial charge in [-0.1, -0.05) is 48.9 Å². The van der Waals surface area contributed by atoms with Crippen molar-refractivity contribution in [1.29, 1.82) is 0 Å². The van der Waals surface area contributed by atoms with Gasteiger partial charge in [0.15, 0.2) is 5.13 Å². The van der Waals surface area contributed by atoms with Gasteiger partial charge in [0.25, 0.3) is 0 Å². The fraction of sp³-hybridized carbons (Fsp3) is 0.333. The number of nitrogens with zero attached hydrogens (tertiary/aromatic N) is 2. The van der Waals surface area contributed by atoms with E-state index in [1.165, 1.54) is 29.7 Å². The second-order valence-corrected chi connectivity index (χ2v) is 8.98. The summed E-state index contributed by atoms with van der Waals surface area (Å²) in [6, 6.07) is 16.4. The van der Waals surface area contributed by atoms with Crippen molar-refractivity contribution in [2.24, 2.45) is 5.92 Å². The summed E-state index contributed by atoms with van der Waals surface area (Å²) in [5.74, 6) is 0.635. The molecule has 0 spiro atoms. The van der Waals surface area contributed by atoms with Gasteiger partial charge in [0.05, 0.1) is 11.4 Å². The van der Waals surface area contributed by atoms with Crippen molar-refractivity contribution >= 4 is 39.7 Å². The fourth-order valence-electron chi connectivity index (χ4n) is 3.79. The molecule has 0 saturated heterocycles. The van der Waals surface area contributed by atoms with Crippen molar-refractivity contribution in [3.8, 4) is 0 Å². The van der Waals surface area contributed by atoms with Crippen LogP contribution in [0, 0.1) is 5.92 Å². The summed E-state index contributed by atoms with van der Waals surface area (Å²) in [7, 11) is 0. The minimum atomic E-state index is -0.0261. The fourth-order valence-corrected chi connectivity index (χ4v) is 4.79. The standard InChI is InChI=1S/C24H26ClN3OS/c1-3-17-6-4-5-7-22(17)28(16(2)29)24-27-21(15-30-24)14-26-23(18-8-9-18)19-10-12-20(25)13-11-19/h4-7,10-13,15,18,23,26H,3,8-9,14H2,1-2H3. The Morgan fingerprint density at radius 1 is 1.23 bits per heavy atom. The lowest BCUT2D eigenvalue weighted by Crippen LogP contribution is -2.24. The molecule has 4 rings (SSSR count). The molecule has 1 saturated carbocycles. The van der Waals surface area contributed by atoms with E-state index in [0.29, 0.717) is 18.5 Å². The predicted octanol–water partition coefficient (Wildman–Crippen LogP) is 6.28. The molecule has 1 heterocycles. The topological polar surface area (TPSA) is 45.2 Å². The highest BCUT2D eigenvalue weighted by Crippen LogP contribution is 2.41. The van der Waals surface area contributed by atoms with Gasteiger partial charge in [-0.05, 0) is 54.5 Å². The van der Waals surface area contributed by atoms with Gasteiger partial charge >= 0.3 is 0 Å². The van der Waals surface area contributed by atoms with Crippen LogP contribution in [0.3, 0.4) is 0 Å². The van der Waals surface area contributed by atoms with Crippen LogP contribution in [0.4, 0.5) is 10.8 Å². The summed E-state index contributed by atoms with van der Waals surface area (Å²) >= 11 is 7.56. The van der Waals surface area contributed by atoms with Crippen molar-refractivity contribution in [1.82, 2.24) is 10.3 Å². The zero-order valence-corrected chi connectivity index (χ0v) is 18.8. The van der Waals surface area contributed by atoms with Gasteiger partial charge in [0.1, 0.15) is 0 Å². The molecule has 4 nitrogen and oxygen atoms in total. The first-order valence-corrected chi connectivity index (χ1v) is 11.6. The number of aromatic nitrogens is 1. The quantitative estimate of drug-likeness (QED) is 0.449. The number of anilines is 2. The average Bonchev–Trinajstić information content (AvgIpc) is 3.48. The first-order chi connectivity index (χ1) is 14.6. The molecule has 1 aliphatic carbocycles. The predicted molar refractivity (Wildman–Crippen MR) is 125 cm³/mol. The zero-order chi connectivity index (χ0) is 21.1. The van der Waals surface area contributed by atoms with Gasteiger partial charge in [-0.15, -0.1) is 11.3 Å². The minimum absolute atomic E-state index is 0.0261. The van der Waals surface area contributed by atoms with Crippen LogP contribution in [0.2, 0.25) is 5.02 Å². The lowest BCUT2D eigenvalue weighted by Gasteiger charge is -2.21. The first-order valence-electron chi connectivity index (χ1n) is 10.4. The molecule has 1 aromatic heterocycles. The summed E-state index contributed by atoms with van der Waals surface area (Å²) < 4.78 is 0. The molecule has 1 fully saturated rings. The molecule has 1 amide bonds. The van der Waals surface area contributed by atoms with E-state index >= 15 is 0 Å². The molecule has 1 N–H and O–H groups in total. The van der Waals surface area contributed by atoms with Gasteiger partial charge in [-0.2, -0.15) is 0 Å². The zero-order valence-electron chi connectivity index (χ0n) is 17.3. The number of aryl methyl sites for hydroxylation is 1. The number of benzene rings is 2. The third-order valence-electron chi connectivity index (χ3n) is 5.48. The van der Waals surface area contributed by atoms with E-state index in [1.54, 1.807) is 11.8 Å². The molecule has 30 heavy (non-hydrogen) atoms. The highest BCUT2D eigenvalue weighted by atomic mass is 35.5. The summed E-state index contributed by atoms with van der Waals surface area (Å²) in [5.41, 5.74) is 4.27. The maximum absolute atomic E-state index is 12.5. The van der Waals surface area contributed by atoms with Gasteiger partial charge < -0.3 is 5.32 Å². The number of carbonyl (C=O) groups excluding carboxylic acids is 1. The Balaban J connectivity index is 1.51. The molecular weight excluding hydrogens is 414 g/mol. The molecular formula is C24H26ClN3OS. The second kappa shape index (κ2) is 9.29. The smallest absolute Gasteiger partial charge is 0.230 e. The van der Waals surface area contributed by atoms with E-state index in [2.05, 4.69) is 30.4 Å². The highest BCUT2D eigenvalue weighted by molar-refractivity contribution is 7.14. The van der Waals surface area contributed by atoms with Crippen LogP contribution in [0.15, 0.2) is 53.9 Å². The van der Waals surface area contributed by atoms with Crippen LogP contribution in [0.25, 0.3) is 0 Å². The van der Waals surface area contributed by atoms with Crippen LogP contribution in [-0.4, -0.2) is 10.9 Å². The van der Waals surface area contributed by atoms with Crippen molar-refractivity contribution in [3.05, 3.63) is 75.8 Å². The largest absolute Gasteiger partial charge is 0.304 e. The third kappa shape index (κ3) is 4.75. The maximum Gasteiger partial charge on any atom is 0.230 e. The van der Waals surface area contributed by atoms with Crippen LogP contribution in [0.1, 0.15) is 49.6 Å². The number of nitrogens with one attached hydrogen (secondary N) is 1. The second-order valence-electron chi connectivity index (χ2n) is 7.71. The molecule has 6 heteroatoms. The monoisotopic (exact) mass is 439 g/mol. The summed E-state index contributed by atoms with van der Waals surface area (Å²) in [6.45, 7) is 4.36. The molecule has 156 valence electrons. The maximum atomic E-state index is 12.5. The van der Waals surface area contributed by atoms with Crippen LogP contribution < -0.4 is 10.2 Å². The molecule has 3 aromatic rings. The Hall–Kier alpha value is -2.21. The van der Waals surface area contributed by atoms with E-state index < -0.39 is 0 Å². The SMILES string of the molecule is CCc1ccccc1N(C(C)=O)c1nc(CNC(c2ccc(Cl)cc2)C2CC2)cs1. The number of halogens is 1. The van der Waals surface area contributed by atoms with Gasteiger partial charge in [-0.25, -0.2) is 4.98 Å². The van der Waals surface area contributed by atoms with Crippen LogP contribution >= 0.6 is 22.9 Å². The molecule has 2 aromatic carbocycles. The number of thiazole rings is 1. The van der Waals surface area contributed by atoms with Crippen molar-refractivity contribution < 1.29 is 4.79 Å². The summed E-state index contributed by atoms with van der Waals surface area (Å²) in [5, 5.41) is 7.19. The number of carbonyl (C=O) groups is 1. The lowest BCUT2D eigenvalue weighted by molar-refractivity contribution is -0.115. The molecule has 1 aliphatic rings. The molecule has 0 aliphatic heterocycles. The summed E-state index contributed by atoms with van der Waals surface area (Å²) in [6.07, 6.45) is 3.35. The molecule has 0 radical (unpaired) electrons. The first kappa shape index (κ1) is 21.0. The average molecular weight is 440 g/mol. The van der Waals surface area contributed by atoms with Crippen molar-refractivity contribution in [2.75, 3.05) is 4.90 Å². The Morgan fingerprint density at radius 2 is 1.97 bits per heavy atom.